The van der Waals surface area contributed by atoms with Crippen molar-refractivity contribution in [2.24, 2.45) is 0 Å². The molecule has 0 radical (unpaired) electrons. The van der Waals surface area contributed by atoms with Crippen molar-refractivity contribution in [1.29, 1.82) is 0 Å². The van der Waals surface area contributed by atoms with Gasteiger partial charge >= 0.3 is 0 Å². The molecule has 0 unspecified atom stereocenters. The molecule has 0 N–H and O–H groups in total. The fourth-order valence-corrected chi connectivity index (χ4v) is 2.05. The van der Waals surface area contributed by atoms with Crippen LogP contribution in [0.15, 0.2) is 53.4 Å². The van der Waals surface area contributed by atoms with Crippen molar-refractivity contribution in [1.82, 2.24) is 4.90 Å². The van der Waals surface area contributed by atoms with Crippen molar-refractivity contribution in [3.8, 4) is 0 Å². The third-order valence-electron chi connectivity index (χ3n) is 2.81. The number of carbonyl (C=O) groups excluding carboxylic acids is 1. The van der Waals surface area contributed by atoms with E-state index in [0.29, 0.717) is 17.0 Å². The Balaban J connectivity index is 2.12. The van der Waals surface area contributed by atoms with E-state index in [1.165, 1.54) is 12.1 Å². The highest BCUT2D eigenvalue weighted by atomic mass is 32.1. The first-order valence-electron chi connectivity index (χ1n) is 5.86. The number of thiol groups is 1. The van der Waals surface area contributed by atoms with Crippen LogP contribution in [0.1, 0.15) is 15.9 Å². The number of benzene rings is 2. The van der Waals surface area contributed by atoms with Crippen LogP contribution < -0.4 is 0 Å². The summed E-state index contributed by atoms with van der Waals surface area (Å²) < 4.78 is 12.8. The molecular formula is C15H14FNOS. The molecule has 2 aromatic carbocycles. The van der Waals surface area contributed by atoms with E-state index in [9.17, 15) is 9.18 Å². The van der Waals surface area contributed by atoms with Gasteiger partial charge in [0.05, 0.1) is 5.56 Å². The Morgan fingerprint density at radius 1 is 1.16 bits per heavy atom. The molecule has 2 aromatic rings. The largest absolute Gasteiger partial charge is 0.337 e. The van der Waals surface area contributed by atoms with Crippen LogP contribution in [0.2, 0.25) is 0 Å². The third-order valence-corrected chi connectivity index (χ3v) is 3.20. The molecule has 98 valence electrons. The van der Waals surface area contributed by atoms with Gasteiger partial charge in [0, 0.05) is 18.5 Å². The van der Waals surface area contributed by atoms with E-state index in [-0.39, 0.29) is 11.7 Å². The van der Waals surface area contributed by atoms with E-state index in [4.69, 9.17) is 0 Å². The molecule has 19 heavy (non-hydrogen) atoms. The summed E-state index contributed by atoms with van der Waals surface area (Å²) in [6.07, 6.45) is 0. The fraction of sp³-hybridized carbons (Fsp3) is 0.133. The van der Waals surface area contributed by atoms with E-state index < -0.39 is 0 Å². The molecule has 4 heteroatoms. The Labute approximate surface area is 117 Å². The summed E-state index contributed by atoms with van der Waals surface area (Å²) in [5.74, 6) is -0.381. The van der Waals surface area contributed by atoms with Gasteiger partial charge in [0.15, 0.2) is 0 Å². The number of rotatable bonds is 3. The van der Waals surface area contributed by atoms with Gasteiger partial charge in [-0.1, -0.05) is 24.3 Å². The molecule has 0 saturated heterocycles. The summed E-state index contributed by atoms with van der Waals surface area (Å²) in [6.45, 7) is 0.432. The highest BCUT2D eigenvalue weighted by Gasteiger charge is 2.14. The van der Waals surface area contributed by atoms with E-state index in [2.05, 4.69) is 12.6 Å². The van der Waals surface area contributed by atoms with Crippen LogP contribution in [0.5, 0.6) is 0 Å². The average molecular weight is 275 g/mol. The van der Waals surface area contributed by atoms with Gasteiger partial charge in [-0.3, -0.25) is 4.79 Å². The lowest BCUT2D eigenvalue weighted by atomic mass is 10.1. The summed E-state index contributed by atoms with van der Waals surface area (Å²) in [5.41, 5.74) is 1.45. The number of halogens is 1. The Morgan fingerprint density at radius 2 is 1.79 bits per heavy atom. The minimum Gasteiger partial charge on any atom is -0.337 e. The monoisotopic (exact) mass is 275 g/mol. The predicted molar refractivity (Wildman–Crippen MR) is 75.9 cm³/mol. The number of nitrogens with zero attached hydrogens (tertiary/aromatic N) is 1. The number of hydrogen-bond acceptors (Lipinski definition) is 2. The van der Waals surface area contributed by atoms with Crippen molar-refractivity contribution in [2.45, 2.75) is 11.4 Å². The molecule has 0 spiro atoms. The van der Waals surface area contributed by atoms with Gasteiger partial charge in [0.2, 0.25) is 0 Å². The van der Waals surface area contributed by atoms with Gasteiger partial charge in [0.1, 0.15) is 5.82 Å². The first-order chi connectivity index (χ1) is 9.08. The number of carbonyl (C=O) groups is 1. The Hall–Kier alpha value is -1.81. The predicted octanol–water partition coefficient (Wildman–Crippen LogP) is 3.39. The highest BCUT2D eigenvalue weighted by Crippen LogP contribution is 2.16. The van der Waals surface area contributed by atoms with Crippen LogP contribution in [0.25, 0.3) is 0 Å². The van der Waals surface area contributed by atoms with E-state index in [1.807, 2.05) is 6.07 Å². The maximum atomic E-state index is 12.8. The van der Waals surface area contributed by atoms with Crippen molar-refractivity contribution < 1.29 is 9.18 Å². The summed E-state index contributed by atoms with van der Waals surface area (Å²) in [4.78, 5) is 14.5. The Bertz CT molecular complexity index is 583. The Kier molecular flexibility index (Phi) is 4.22. The van der Waals surface area contributed by atoms with Crippen LogP contribution in [0, 0.1) is 5.82 Å². The second-order valence-corrected chi connectivity index (χ2v) is 4.79. The van der Waals surface area contributed by atoms with Crippen molar-refractivity contribution in [3.63, 3.8) is 0 Å². The molecule has 1 amide bonds. The molecule has 0 fully saturated rings. The maximum absolute atomic E-state index is 12.8. The fourth-order valence-electron chi connectivity index (χ4n) is 1.80. The van der Waals surface area contributed by atoms with Gasteiger partial charge in [-0.2, -0.15) is 0 Å². The zero-order valence-corrected chi connectivity index (χ0v) is 11.4. The third kappa shape index (κ3) is 3.35. The molecular weight excluding hydrogens is 261 g/mol. The van der Waals surface area contributed by atoms with Gasteiger partial charge in [-0.15, -0.1) is 12.6 Å². The second-order valence-electron chi connectivity index (χ2n) is 4.30. The van der Waals surface area contributed by atoms with Gasteiger partial charge in [-0.05, 0) is 29.8 Å². The van der Waals surface area contributed by atoms with Crippen LogP contribution in [-0.2, 0) is 6.54 Å². The van der Waals surface area contributed by atoms with Crippen molar-refractivity contribution in [3.05, 3.63) is 65.5 Å². The zero-order valence-electron chi connectivity index (χ0n) is 10.5. The lowest BCUT2D eigenvalue weighted by Crippen LogP contribution is -2.26. The van der Waals surface area contributed by atoms with Gasteiger partial charge in [-0.25, -0.2) is 4.39 Å². The van der Waals surface area contributed by atoms with Crippen LogP contribution in [-0.4, -0.2) is 17.9 Å². The molecule has 2 nitrogen and oxygen atoms in total. The Morgan fingerprint density at radius 3 is 2.42 bits per heavy atom. The molecule has 0 atom stereocenters. The molecule has 0 aliphatic rings. The van der Waals surface area contributed by atoms with Crippen molar-refractivity contribution >= 4 is 18.5 Å². The molecule has 0 saturated carbocycles. The first-order valence-corrected chi connectivity index (χ1v) is 6.30. The quantitative estimate of drug-likeness (QED) is 0.851. The van der Waals surface area contributed by atoms with Crippen molar-refractivity contribution in [2.75, 3.05) is 7.05 Å². The van der Waals surface area contributed by atoms with Crippen LogP contribution >= 0.6 is 12.6 Å². The maximum Gasteiger partial charge on any atom is 0.255 e. The average Bonchev–Trinajstić information content (AvgIpc) is 2.41. The van der Waals surface area contributed by atoms with E-state index >= 15 is 0 Å². The minimum absolute atomic E-state index is 0.102. The topological polar surface area (TPSA) is 20.3 Å². The SMILES string of the molecule is CN(Cc1ccc(F)cc1)C(=O)c1ccccc1S. The molecule has 0 heterocycles. The number of amides is 1. The van der Waals surface area contributed by atoms with Crippen LogP contribution in [0.4, 0.5) is 4.39 Å². The summed E-state index contributed by atoms with van der Waals surface area (Å²) in [7, 11) is 1.71. The summed E-state index contributed by atoms with van der Waals surface area (Å²) in [5, 5.41) is 0. The number of hydrogen-bond donors (Lipinski definition) is 1. The van der Waals surface area contributed by atoms with E-state index in [0.717, 1.165) is 5.56 Å². The smallest absolute Gasteiger partial charge is 0.255 e. The van der Waals surface area contributed by atoms with E-state index in [1.54, 1.807) is 42.3 Å². The molecule has 0 aromatic heterocycles. The summed E-state index contributed by atoms with van der Waals surface area (Å²) in [6, 6.07) is 13.3. The van der Waals surface area contributed by atoms with Gasteiger partial charge in [0.25, 0.3) is 5.91 Å². The minimum atomic E-state index is -0.279. The summed E-state index contributed by atoms with van der Waals surface area (Å²) >= 11 is 4.27. The second kappa shape index (κ2) is 5.89. The standard InChI is InChI=1S/C15H14FNOS/c1-17(10-11-6-8-12(16)9-7-11)15(18)13-4-2-3-5-14(13)19/h2-9,19H,10H2,1H3. The normalized spacial score (nSPS) is 10.3. The first kappa shape index (κ1) is 13.6. The highest BCUT2D eigenvalue weighted by molar-refractivity contribution is 7.80. The zero-order chi connectivity index (χ0) is 13.8. The molecule has 0 bridgehead atoms. The molecule has 0 aliphatic carbocycles. The lowest BCUT2D eigenvalue weighted by Gasteiger charge is -2.18. The van der Waals surface area contributed by atoms with Gasteiger partial charge < -0.3 is 4.90 Å². The lowest BCUT2D eigenvalue weighted by molar-refractivity contribution is 0.0782. The van der Waals surface area contributed by atoms with Crippen LogP contribution in [0.3, 0.4) is 0 Å². The molecule has 0 aliphatic heterocycles. The molecule has 2 rings (SSSR count).